The van der Waals surface area contributed by atoms with Gasteiger partial charge in [0.2, 0.25) is 5.91 Å². The summed E-state index contributed by atoms with van der Waals surface area (Å²) in [5.74, 6) is -0.427. The van der Waals surface area contributed by atoms with Gasteiger partial charge >= 0.3 is 0 Å². The van der Waals surface area contributed by atoms with Crippen LogP contribution in [0, 0.1) is 11.7 Å². The second-order valence-corrected chi connectivity index (χ2v) is 5.97. The molecule has 126 valence electrons. The van der Waals surface area contributed by atoms with Crippen LogP contribution in [0.5, 0.6) is 0 Å². The molecule has 1 aromatic heterocycles. The van der Waals surface area contributed by atoms with Crippen molar-refractivity contribution in [2.75, 3.05) is 10.6 Å². The van der Waals surface area contributed by atoms with Crippen molar-refractivity contribution >= 4 is 23.3 Å². The summed E-state index contributed by atoms with van der Waals surface area (Å²) in [5, 5.41) is 9.51. The largest absolute Gasteiger partial charge is 0.320 e. The van der Waals surface area contributed by atoms with Crippen molar-refractivity contribution in [3.8, 4) is 0 Å². The molecule has 1 aliphatic rings. The maximum Gasteiger partial charge on any atom is 0.276 e. The SMILES string of the molecule is Cn1nc(C(=O)Nc2cccc(F)c2)cc1NC(=O)C1CCCC1. The van der Waals surface area contributed by atoms with Gasteiger partial charge in [-0.3, -0.25) is 14.3 Å². The predicted molar refractivity (Wildman–Crippen MR) is 88.1 cm³/mol. The standard InChI is InChI=1S/C17H19FN4O2/c1-22-15(20-16(23)11-5-2-3-6-11)10-14(21-22)17(24)19-13-8-4-7-12(18)9-13/h4,7-11H,2-3,5-6H2,1H3,(H,19,24)(H,20,23). The minimum absolute atomic E-state index is 0.0319. The summed E-state index contributed by atoms with van der Waals surface area (Å²) in [5.41, 5.74) is 0.505. The molecular formula is C17H19FN4O2. The zero-order valence-electron chi connectivity index (χ0n) is 13.4. The Balaban J connectivity index is 1.68. The van der Waals surface area contributed by atoms with E-state index < -0.39 is 11.7 Å². The first-order valence-corrected chi connectivity index (χ1v) is 7.95. The summed E-state index contributed by atoms with van der Waals surface area (Å²) < 4.78 is 14.6. The van der Waals surface area contributed by atoms with Crippen molar-refractivity contribution in [3.63, 3.8) is 0 Å². The Morgan fingerprint density at radius 3 is 2.67 bits per heavy atom. The fourth-order valence-corrected chi connectivity index (χ4v) is 2.87. The van der Waals surface area contributed by atoms with Crippen molar-refractivity contribution in [3.05, 3.63) is 41.8 Å². The molecule has 0 unspecified atom stereocenters. The summed E-state index contributed by atoms with van der Waals surface area (Å²) in [4.78, 5) is 24.4. The highest BCUT2D eigenvalue weighted by Gasteiger charge is 2.24. The molecule has 1 aliphatic carbocycles. The lowest BCUT2D eigenvalue weighted by atomic mass is 10.1. The van der Waals surface area contributed by atoms with E-state index in [0.29, 0.717) is 11.5 Å². The van der Waals surface area contributed by atoms with Crippen LogP contribution in [0.2, 0.25) is 0 Å². The zero-order valence-corrected chi connectivity index (χ0v) is 13.4. The molecule has 1 fully saturated rings. The van der Waals surface area contributed by atoms with Crippen molar-refractivity contribution in [2.24, 2.45) is 13.0 Å². The molecule has 1 heterocycles. The minimum Gasteiger partial charge on any atom is -0.320 e. The Labute approximate surface area is 139 Å². The molecule has 2 aromatic rings. The average molecular weight is 330 g/mol. The van der Waals surface area contributed by atoms with E-state index in [9.17, 15) is 14.0 Å². The third-order valence-corrected chi connectivity index (χ3v) is 4.17. The van der Waals surface area contributed by atoms with E-state index in [1.54, 1.807) is 13.1 Å². The smallest absolute Gasteiger partial charge is 0.276 e. The number of amides is 2. The van der Waals surface area contributed by atoms with Crippen LogP contribution in [0.4, 0.5) is 15.9 Å². The number of aromatic nitrogens is 2. The zero-order chi connectivity index (χ0) is 17.1. The summed E-state index contributed by atoms with van der Waals surface area (Å²) in [7, 11) is 1.66. The number of carbonyl (C=O) groups is 2. The van der Waals surface area contributed by atoms with Crippen LogP contribution in [0.15, 0.2) is 30.3 Å². The Kier molecular flexibility index (Phi) is 4.59. The lowest BCUT2D eigenvalue weighted by Gasteiger charge is -2.09. The van der Waals surface area contributed by atoms with Gasteiger partial charge in [0.1, 0.15) is 11.6 Å². The van der Waals surface area contributed by atoms with E-state index in [-0.39, 0.29) is 17.5 Å². The molecule has 6 nitrogen and oxygen atoms in total. The van der Waals surface area contributed by atoms with Gasteiger partial charge in [-0.05, 0) is 31.0 Å². The van der Waals surface area contributed by atoms with Crippen molar-refractivity contribution in [1.29, 1.82) is 0 Å². The van der Waals surface area contributed by atoms with Gasteiger partial charge in [0.05, 0.1) is 0 Å². The van der Waals surface area contributed by atoms with E-state index >= 15 is 0 Å². The number of aryl methyl sites for hydroxylation is 1. The molecule has 1 saturated carbocycles. The van der Waals surface area contributed by atoms with Crippen LogP contribution < -0.4 is 10.6 Å². The average Bonchev–Trinajstić information content (AvgIpc) is 3.18. The maximum atomic E-state index is 13.2. The normalized spacial score (nSPS) is 14.6. The molecule has 0 aliphatic heterocycles. The van der Waals surface area contributed by atoms with E-state index in [1.165, 1.54) is 28.9 Å². The lowest BCUT2D eigenvalue weighted by molar-refractivity contribution is -0.119. The molecule has 24 heavy (non-hydrogen) atoms. The molecule has 0 saturated heterocycles. The lowest BCUT2D eigenvalue weighted by Crippen LogP contribution is -2.21. The van der Waals surface area contributed by atoms with Gasteiger partial charge in [0.25, 0.3) is 5.91 Å². The van der Waals surface area contributed by atoms with Gasteiger partial charge < -0.3 is 10.6 Å². The summed E-state index contributed by atoms with van der Waals surface area (Å²) >= 11 is 0. The molecule has 1 aromatic carbocycles. The number of hydrogen-bond donors (Lipinski definition) is 2. The third-order valence-electron chi connectivity index (χ3n) is 4.17. The summed E-state index contributed by atoms with van der Waals surface area (Å²) in [6.45, 7) is 0. The number of nitrogens with one attached hydrogen (secondary N) is 2. The number of carbonyl (C=O) groups excluding carboxylic acids is 2. The molecule has 0 spiro atoms. The van der Waals surface area contributed by atoms with Crippen LogP contribution in [-0.4, -0.2) is 21.6 Å². The van der Waals surface area contributed by atoms with Crippen molar-refractivity contribution < 1.29 is 14.0 Å². The number of rotatable bonds is 4. The fourth-order valence-electron chi connectivity index (χ4n) is 2.87. The summed E-state index contributed by atoms with van der Waals surface area (Å²) in [6.07, 6.45) is 3.95. The highest BCUT2D eigenvalue weighted by atomic mass is 19.1. The number of anilines is 2. The van der Waals surface area contributed by atoms with Gasteiger partial charge in [0.15, 0.2) is 5.69 Å². The molecule has 0 atom stereocenters. The number of hydrogen-bond acceptors (Lipinski definition) is 3. The Morgan fingerprint density at radius 1 is 1.21 bits per heavy atom. The van der Waals surface area contributed by atoms with Gasteiger partial charge in [-0.15, -0.1) is 0 Å². The maximum absolute atomic E-state index is 13.2. The van der Waals surface area contributed by atoms with Crippen LogP contribution in [0.1, 0.15) is 36.2 Å². The predicted octanol–water partition coefficient (Wildman–Crippen LogP) is 2.94. The van der Waals surface area contributed by atoms with Gasteiger partial charge in [-0.25, -0.2) is 4.39 Å². The van der Waals surface area contributed by atoms with E-state index in [2.05, 4.69) is 15.7 Å². The molecular weight excluding hydrogens is 311 g/mol. The topological polar surface area (TPSA) is 76.0 Å². The second-order valence-electron chi connectivity index (χ2n) is 5.97. The van der Waals surface area contributed by atoms with Crippen LogP contribution in [0.25, 0.3) is 0 Å². The van der Waals surface area contributed by atoms with Gasteiger partial charge in [0, 0.05) is 24.7 Å². The van der Waals surface area contributed by atoms with Crippen molar-refractivity contribution in [1.82, 2.24) is 9.78 Å². The van der Waals surface area contributed by atoms with E-state index in [0.717, 1.165) is 25.7 Å². The number of nitrogens with zero attached hydrogens (tertiary/aromatic N) is 2. The molecule has 0 bridgehead atoms. The van der Waals surface area contributed by atoms with Crippen LogP contribution in [0.3, 0.4) is 0 Å². The Bertz CT molecular complexity index is 766. The quantitative estimate of drug-likeness (QED) is 0.905. The van der Waals surface area contributed by atoms with E-state index in [4.69, 9.17) is 0 Å². The second kappa shape index (κ2) is 6.82. The Hall–Kier alpha value is -2.70. The first kappa shape index (κ1) is 16.2. The van der Waals surface area contributed by atoms with Gasteiger partial charge in [-0.1, -0.05) is 18.9 Å². The van der Waals surface area contributed by atoms with Crippen LogP contribution in [-0.2, 0) is 11.8 Å². The monoisotopic (exact) mass is 330 g/mol. The molecule has 7 heteroatoms. The van der Waals surface area contributed by atoms with E-state index in [1.807, 2.05) is 0 Å². The molecule has 2 N–H and O–H groups in total. The first-order valence-electron chi connectivity index (χ1n) is 7.95. The Morgan fingerprint density at radius 2 is 1.96 bits per heavy atom. The molecule has 3 rings (SSSR count). The fraction of sp³-hybridized carbons (Fsp3) is 0.353. The third kappa shape index (κ3) is 3.61. The first-order chi connectivity index (χ1) is 11.5. The molecule has 2 amide bonds. The number of halogens is 1. The van der Waals surface area contributed by atoms with Gasteiger partial charge in [-0.2, -0.15) is 5.10 Å². The van der Waals surface area contributed by atoms with Crippen LogP contribution >= 0.6 is 0 Å². The highest BCUT2D eigenvalue weighted by Crippen LogP contribution is 2.26. The number of benzene rings is 1. The minimum atomic E-state index is -0.461. The highest BCUT2D eigenvalue weighted by molar-refractivity contribution is 6.04. The molecule has 0 radical (unpaired) electrons. The summed E-state index contributed by atoms with van der Waals surface area (Å²) in [6, 6.07) is 7.14. The van der Waals surface area contributed by atoms with Crippen molar-refractivity contribution in [2.45, 2.75) is 25.7 Å².